The third kappa shape index (κ3) is 4.03. The molecule has 3 rings (SSSR count). The van der Waals surface area contributed by atoms with Crippen LogP contribution >= 0.6 is 0 Å². The lowest BCUT2D eigenvalue weighted by Gasteiger charge is -2.07. The third-order valence-electron chi connectivity index (χ3n) is 3.69. The number of rotatable bonds is 5. The van der Waals surface area contributed by atoms with Gasteiger partial charge in [-0.2, -0.15) is 5.26 Å². The Morgan fingerprint density at radius 1 is 1.04 bits per heavy atom. The molecule has 0 aliphatic rings. The summed E-state index contributed by atoms with van der Waals surface area (Å²) in [5, 5.41) is 13.8. The lowest BCUT2D eigenvalue weighted by atomic mass is 10.1. The van der Waals surface area contributed by atoms with Gasteiger partial charge in [-0.05, 0) is 12.1 Å². The van der Waals surface area contributed by atoms with Crippen LogP contribution in [0.5, 0.6) is 0 Å². The van der Waals surface area contributed by atoms with Gasteiger partial charge >= 0.3 is 0 Å². The molecule has 0 radical (unpaired) electrons. The maximum absolute atomic E-state index is 11.7. The molecule has 0 bridgehead atoms. The van der Waals surface area contributed by atoms with Crippen LogP contribution in [0, 0.1) is 11.3 Å². The maximum atomic E-state index is 11.7. The van der Waals surface area contributed by atoms with Crippen LogP contribution in [0.2, 0.25) is 0 Å². The van der Waals surface area contributed by atoms with Gasteiger partial charge in [0.25, 0.3) is 0 Å². The summed E-state index contributed by atoms with van der Waals surface area (Å²) < 4.78 is 50.2. The number of nitrogens with one attached hydrogen (secondary N) is 1. The molecule has 0 fully saturated rings. The summed E-state index contributed by atoms with van der Waals surface area (Å²) in [5.41, 5.74) is 0.960. The molecule has 2 heterocycles. The maximum Gasteiger partial charge on any atom is 0.231 e. The molecule has 2 aromatic heterocycles. The molecule has 0 spiro atoms. The molecular weight excluding hydrogens is 402 g/mol. The number of nitriles is 1. The highest BCUT2D eigenvalue weighted by Crippen LogP contribution is 2.31. The van der Waals surface area contributed by atoms with E-state index < -0.39 is 19.9 Å². The molecule has 0 atom stereocenters. The van der Waals surface area contributed by atoms with Gasteiger partial charge in [-0.15, -0.1) is 5.10 Å². The van der Waals surface area contributed by atoms with E-state index in [1.807, 2.05) is 6.07 Å². The van der Waals surface area contributed by atoms with Crippen molar-refractivity contribution in [2.75, 3.05) is 17.2 Å². The molecule has 28 heavy (non-hydrogen) atoms. The number of pyridine rings is 1. The molecule has 144 valence electrons. The summed E-state index contributed by atoms with van der Waals surface area (Å²) in [5.74, 6) is 0.0853. The van der Waals surface area contributed by atoms with E-state index >= 15 is 0 Å². The summed E-state index contributed by atoms with van der Waals surface area (Å²) in [6.45, 7) is 0. The smallest absolute Gasteiger partial charge is 0.231 e. The Bertz CT molecular complexity index is 1270. The minimum Gasteiger partial charge on any atom is -0.265 e. The van der Waals surface area contributed by atoms with Gasteiger partial charge in [-0.1, -0.05) is 30.3 Å². The number of benzene rings is 1. The van der Waals surface area contributed by atoms with Gasteiger partial charge in [-0.3, -0.25) is 4.72 Å². The van der Waals surface area contributed by atoms with Crippen LogP contribution in [0.25, 0.3) is 17.1 Å². The van der Waals surface area contributed by atoms with Crippen molar-refractivity contribution in [2.45, 2.75) is 4.90 Å². The topological polar surface area (TPSA) is 135 Å². The molecule has 0 unspecified atom stereocenters. The first-order valence-electron chi connectivity index (χ1n) is 7.83. The minimum atomic E-state index is -3.68. The van der Waals surface area contributed by atoms with Crippen molar-refractivity contribution >= 4 is 25.7 Å². The first-order valence-corrected chi connectivity index (χ1v) is 11.6. The Morgan fingerprint density at radius 3 is 2.21 bits per heavy atom. The van der Waals surface area contributed by atoms with Crippen LogP contribution in [-0.4, -0.2) is 44.1 Å². The standard InChI is InChI=1S/C17H15N5O4S2/c1-27(23,24)13-8-9-15(19-11-13)22-16(12-6-4-3-5-7-12)14(10-18)17(20-22)21-28(2,25)26/h3-9,11H,1-2H3,(H,20,21). The Kier molecular flexibility index (Phi) is 4.93. The largest absolute Gasteiger partial charge is 0.265 e. The number of aromatic nitrogens is 3. The van der Waals surface area contributed by atoms with Gasteiger partial charge in [0.2, 0.25) is 10.0 Å². The molecule has 0 aliphatic heterocycles. The van der Waals surface area contributed by atoms with Gasteiger partial charge in [0.1, 0.15) is 11.6 Å². The fourth-order valence-electron chi connectivity index (χ4n) is 2.52. The van der Waals surface area contributed by atoms with Crippen LogP contribution in [0.1, 0.15) is 5.56 Å². The molecule has 0 amide bonds. The van der Waals surface area contributed by atoms with E-state index in [0.717, 1.165) is 12.5 Å². The summed E-state index contributed by atoms with van der Waals surface area (Å²) >= 11 is 0. The molecule has 1 N–H and O–H groups in total. The molecule has 3 aromatic rings. The molecule has 0 saturated heterocycles. The van der Waals surface area contributed by atoms with Gasteiger partial charge < -0.3 is 0 Å². The lowest BCUT2D eigenvalue weighted by Crippen LogP contribution is -2.11. The highest BCUT2D eigenvalue weighted by molar-refractivity contribution is 7.92. The second kappa shape index (κ2) is 7.06. The Morgan fingerprint density at radius 2 is 1.71 bits per heavy atom. The monoisotopic (exact) mass is 417 g/mol. The van der Waals surface area contributed by atoms with Gasteiger partial charge in [0.05, 0.1) is 16.8 Å². The number of hydrogen-bond donors (Lipinski definition) is 1. The SMILES string of the molecule is CS(=O)(=O)Nc1nn(-c2ccc(S(C)(=O)=O)cn2)c(-c2ccccc2)c1C#N. The number of sulfone groups is 1. The average molecular weight is 417 g/mol. The Balaban J connectivity index is 2.27. The van der Waals surface area contributed by atoms with E-state index in [1.165, 1.54) is 23.0 Å². The van der Waals surface area contributed by atoms with Crippen LogP contribution < -0.4 is 4.72 Å². The molecule has 0 aliphatic carbocycles. The number of sulfonamides is 1. The summed E-state index contributed by atoms with van der Waals surface area (Å²) in [4.78, 5) is 4.15. The number of anilines is 1. The van der Waals surface area contributed by atoms with Crippen molar-refractivity contribution in [3.05, 3.63) is 54.2 Å². The predicted octanol–water partition coefficient (Wildman–Crippen LogP) is 1.58. The van der Waals surface area contributed by atoms with E-state index in [0.29, 0.717) is 11.3 Å². The molecular formula is C17H15N5O4S2. The average Bonchev–Trinajstić information content (AvgIpc) is 2.98. The van der Waals surface area contributed by atoms with Crippen molar-refractivity contribution in [2.24, 2.45) is 0 Å². The van der Waals surface area contributed by atoms with Crippen LogP contribution in [0.4, 0.5) is 5.82 Å². The van der Waals surface area contributed by atoms with Gasteiger partial charge in [0.15, 0.2) is 21.5 Å². The second-order valence-electron chi connectivity index (χ2n) is 5.96. The van der Waals surface area contributed by atoms with Crippen LogP contribution in [0.15, 0.2) is 53.6 Å². The molecule has 9 nitrogen and oxygen atoms in total. The van der Waals surface area contributed by atoms with E-state index in [9.17, 15) is 22.1 Å². The fourth-order valence-corrected chi connectivity index (χ4v) is 3.57. The lowest BCUT2D eigenvalue weighted by molar-refractivity contribution is 0.600. The van der Waals surface area contributed by atoms with Gasteiger partial charge in [0, 0.05) is 18.0 Å². The van der Waals surface area contributed by atoms with Crippen molar-refractivity contribution in [3.8, 4) is 23.1 Å². The number of hydrogen-bond acceptors (Lipinski definition) is 7. The van der Waals surface area contributed by atoms with Crippen LogP contribution in [-0.2, 0) is 19.9 Å². The zero-order valence-corrected chi connectivity index (χ0v) is 16.5. The first kappa shape index (κ1) is 19.5. The summed E-state index contributed by atoms with van der Waals surface area (Å²) in [6, 6.07) is 13.6. The van der Waals surface area contributed by atoms with E-state index in [1.54, 1.807) is 30.3 Å². The van der Waals surface area contributed by atoms with Crippen molar-refractivity contribution in [1.29, 1.82) is 5.26 Å². The highest BCUT2D eigenvalue weighted by atomic mass is 32.2. The molecule has 1 aromatic carbocycles. The zero-order chi connectivity index (χ0) is 20.5. The van der Waals surface area contributed by atoms with Crippen molar-refractivity contribution < 1.29 is 16.8 Å². The third-order valence-corrected chi connectivity index (χ3v) is 5.35. The summed E-state index contributed by atoms with van der Waals surface area (Å²) in [7, 11) is -7.11. The Labute approximate surface area is 162 Å². The van der Waals surface area contributed by atoms with Crippen LogP contribution in [0.3, 0.4) is 0 Å². The quantitative estimate of drug-likeness (QED) is 0.666. The van der Waals surface area contributed by atoms with Gasteiger partial charge in [-0.25, -0.2) is 26.5 Å². The number of nitrogens with zero attached hydrogens (tertiary/aromatic N) is 4. The van der Waals surface area contributed by atoms with Crippen molar-refractivity contribution in [3.63, 3.8) is 0 Å². The zero-order valence-electron chi connectivity index (χ0n) is 14.9. The molecule has 11 heteroatoms. The first-order chi connectivity index (χ1) is 13.1. The normalized spacial score (nSPS) is 11.8. The minimum absolute atomic E-state index is 0.0191. The second-order valence-corrected chi connectivity index (χ2v) is 9.72. The Hall–Kier alpha value is -3.23. The van der Waals surface area contributed by atoms with E-state index in [2.05, 4.69) is 14.8 Å². The van der Waals surface area contributed by atoms with E-state index in [4.69, 9.17) is 0 Å². The van der Waals surface area contributed by atoms with E-state index in [-0.39, 0.29) is 22.1 Å². The summed E-state index contributed by atoms with van der Waals surface area (Å²) in [6.07, 6.45) is 3.19. The highest BCUT2D eigenvalue weighted by Gasteiger charge is 2.23. The van der Waals surface area contributed by atoms with Crippen molar-refractivity contribution in [1.82, 2.24) is 14.8 Å². The molecule has 0 saturated carbocycles. The predicted molar refractivity (Wildman–Crippen MR) is 103 cm³/mol. The fraction of sp³-hybridized carbons (Fsp3) is 0.118.